The van der Waals surface area contributed by atoms with Gasteiger partial charge in [0.1, 0.15) is 5.75 Å². The molecule has 24 heavy (non-hydrogen) atoms. The number of hydrogen-bond donors (Lipinski definition) is 2. The van der Waals surface area contributed by atoms with E-state index in [9.17, 15) is 9.59 Å². The van der Waals surface area contributed by atoms with E-state index in [0.717, 1.165) is 31.9 Å². The minimum Gasteiger partial charge on any atom is -0.481 e. The van der Waals surface area contributed by atoms with Crippen LogP contribution in [-0.2, 0) is 9.53 Å². The van der Waals surface area contributed by atoms with Crippen molar-refractivity contribution in [2.24, 2.45) is 0 Å². The number of ether oxygens (including phenoxy) is 2. The molecule has 0 aliphatic carbocycles. The first kappa shape index (κ1) is 18.1. The summed E-state index contributed by atoms with van der Waals surface area (Å²) in [5.41, 5.74) is 1.38. The van der Waals surface area contributed by atoms with Gasteiger partial charge in [-0.15, -0.1) is 0 Å². The third-order valence-electron chi connectivity index (χ3n) is 3.68. The topological polar surface area (TPSA) is 79.9 Å². The van der Waals surface area contributed by atoms with Gasteiger partial charge >= 0.3 is 5.97 Å². The average molecular weight is 335 g/mol. The first-order valence-corrected chi connectivity index (χ1v) is 8.11. The molecule has 1 aliphatic heterocycles. The van der Waals surface area contributed by atoms with Crippen LogP contribution < -0.4 is 20.3 Å². The van der Waals surface area contributed by atoms with Gasteiger partial charge in [0.2, 0.25) is 0 Å². The predicted octanol–water partition coefficient (Wildman–Crippen LogP) is 0.786. The number of methoxy groups -OCH3 is 1. The summed E-state index contributed by atoms with van der Waals surface area (Å²) in [7, 11) is 1.30. The van der Waals surface area contributed by atoms with Crippen LogP contribution in [0.4, 0.5) is 5.69 Å². The van der Waals surface area contributed by atoms with Crippen LogP contribution in [0.2, 0.25) is 0 Å². The van der Waals surface area contributed by atoms with E-state index < -0.39 is 5.97 Å². The Balaban J connectivity index is 2.24. The third-order valence-corrected chi connectivity index (χ3v) is 3.68. The van der Waals surface area contributed by atoms with Gasteiger partial charge in [-0.1, -0.05) is 0 Å². The van der Waals surface area contributed by atoms with E-state index in [-0.39, 0.29) is 18.6 Å². The SMILES string of the molecule is COC(=O)COc1cc(N2CCNCC2)ccc1C(=O)NC(C)C. The maximum atomic E-state index is 12.3. The summed E-state index contributed by atoms with van der Waals surface area (Å²) in [4.78, 5) is 25.9. The Bertz CT molecular complexity index is 583. The summed E-state index contributed by atoms with van der Waals surface area (Å²) in [6, 6.07) is 5.47. The Labute approximate surface area is 142 Å². The summed E-state index contributed by atoms with van der Waals surface area (Å²) >= 11 is 0. The summed E-state index contributed by atoms with van der Waals surface area (Å²) in [6.45, 7) is 7.14. The predicted molar refractivity (Wildman–Crippen MR) is 91.6 cm³/mol. The van der Waals surface area contributed by atoms with E-state index in [4.69, 9.17) is 4.74 Å². The third kappa shape index (κ3) is 4.86. The molecule has 1 aliphatic rings. The van der Waals surface area contributed by atoms with Gasteiger partial charge in [-0.05, 0) is 26.0 Å². The van der Waals surface area contributed by atoms with Crippen molar-refractivity contribution in [3.63, 3.8) is 0 Å². The number of amides is 1. The zero-order chi connectivity index (χ0) is 17.5. The molecule has 132 valence electrons. The Hall–Kier alpha value is -2.28. The van der Waals surface area contributed by atoms with E-state index in [0.29, 0.717) is 11.3 Å². The minimum absolute atomic E-state index is 0.0128. The molecule has 0 saturated carbocycles. The quantitative estimate of drug-likeness (QED) is 0.748. The monoisotopic (exact) mass is 335 g/mol. The van der Waals surface area contributed by atoms with Gasteiger partial charge in [0, 0.05) is 44.0 Å². The largest absolute Gasteiger partial charge is 0.481 e. The Kier molecular flexibility index (Phi) is 6.43. The second kappa shape index (κ2) is 8.54. The fraction of sp³-hybridized carbons (Fsp3) is 0.529. The van der Waals surface area contributed by atoms with Crippen LogP contribution in [0.5, 0.6) is 5.75 Å². The molecule has 1 fully saturated rings. The van der Waals surface area contributed by atoms with E-state index >= 15 is 0 Å². The minimum atomic E-state index is -0.488. The van der Waals surface area contributed by atoms with Gasteiger partial charge in [0.15, 0.2) is 6.61 Å². The number of piperazine rings is 1. The standard InChI is InChI=1S/C17H25N3O4/c1-12(2)19-17(22)14-5-4-13(20-8-6-18-7-9-20)10-15(14)24-11-16(21)23-3/h4-5,10,12,18H,6-9,11H2,1-3H3,(H,19,22). The molecule has 0 spiro atoms. The molecule has 1 aromatic rings. The lowest BCUT2D eigenvalue weighted by Gasteiger charge is -2.30. The van der Waals surface area contributed by atoms with Gasteiger partial charge in [-0.25, -0.2) is 4.79 Å². The summed E-state index contributed by atoms with van der Waals surface area (Å²) < 4.78 is 10.1. The molecule has 2 rings (SSSR count). The average Bonchev–Trinajstić information content (AvgIpc) is 2.59. The second-order valence-corrected chi connectivity index (χ2v) is 5.91. The summed E-state index contributed by atoms with van der Waals surface area (Å²) in [5.74, 6) is -0.330. The number of carbonyl (C=O) groups is 2. The lowest BCUT2D eigenvalue weighted by molar-refractivity contribution is -0.142. The van der Waals surface area contributed by atoms with Crippen molar-refractivity contribution in [2.75, 3.05) is 44.8 Å². The van der Waals surface area contributed by atoms with Crippen molar-refractivity contribution in [3.05, 3.63) is 23.8 Å². The number of esters is 1. The fourth-order valence-corrected chi connectivity index (χ4v) is 2.47. The highest BCUT2D eigenvalue weighted by Gasteiger charge is 2.18. The molecule has 2 N–H and O–H groups in total. The lowest BCUT2D eigenvalue weighted by Crippen LogP contribution is -2.43. The maximum absolute atomic E-state index is 12.3. The number of rotatable bonds is 6. The van der Waals surface area contributed by atoms with Gasteiger partial charge < -0.3 is 25.0 Å². The van der Waals surface area contributed by atoms with Crippen LogP contribution in [-0.4, -0.2) is 57.8 Å². The van der Waals surface area contributed by atoms with E-state index in [1.807, 2.05) is 26.0 Å². The first-order chi connectivity index (χ1) is 11.5. The van der Waals surface area contributed by atoms with Crippen molar-refractivity contribution in [2.45, 2.75) is 19.9 Å². The van der Waals surface area contributed by atoms with Crippen molar-refractivity contribution in [1.82, 2.24) is 10.6 Å². The molecule has 0 aromatic heterocycles. The molecule has 7 heteroatoms. The van der Waals surface area contributed by atoms with Crippen molar-refractivity contribution in [3.8, 4) is 5.75 Å². The lowest BCUT2D eigenvalue weighted by atomic mass is 10.1. The van der Waals surface area contributed by atoms with Crippen LogP contribution in [0.3, 0.4) is 0 Å². The van der Waals surface area contributed by atoms with Crippen molar-refractivity contribution < 1.29 is 19.1 Å². The van der Waals surface area contributed by atoms with Crippen molar-refractivity contribution in [1.29, 1.82) is 0 Å². The summed E-state index contributed by atoms with van der Waals surface area (Å²) in [5, 5.41) is 6.14. The smallest absolute Gasteiger partial charge is 0.343 e. The van der Waals surface area contributed by atoms with Gasteiger partial charge in [-0.2, -0.15) is 0 Å². The van der Waals surface area contributed by atoms with Gasteiger partial charge in [0.05, 0.1) is 12.7 Å². The van der Waals surface area contributed by atoms with Crippen LogP contribution in [0.25, 0.3) is 0 Å². The van der Waals surface area contributed by atoms with Crippen LogP contribution >= 0.6 is 0 Å². The number of benzene rings is 1. The van der Waals surface area contributed by atoms with E-state index in [2.05, 4.69) is 20.3 Å². The Morgan fingerprint density at radius 1 is 1.29 bits per heavy atom. The zero-order valence-corrected chi connectivity index (χ0v) is 14.4. The highest BCUT2D eigenvalue weighted by Crippen LogP contribution is 2.26. The highest BCUT2D eigenvalue weighted by atomic mass is 16.6. The number of nitrogens with one attached hydrogen (secondary N) is 2. The zero-order valence-electron chi connectivity index (χ0n) is 14.4. The van der Waals surface area contributed by atoms with Gasteiger partial charge in [0.25, 0.3) is 5.91 Å². The molecule has 0 atom stereocenters. The number of nitrogens with zero attached hydrogens (tertiary/aromatic N) is 1. The number of anilines is 1. The fourth-order valence-electron chi connectivity index (χ4n) is 2.47. The van der Waals surface area contributed by atoms with Crippen LogP contribution in [0.1, 0.15) is 24.2 Å². The molecular weight excluding hydrogens is 310 g/mol. The van der Waals surface area contributed by atoms with E-state index in [1.165, 1.54) is 7.11 Å². The Morgan fingerprint density at radius 2 is 2.00 bits per heavy atom. The molecule has 7 nitrogen and oxygen atoms in total. The molecule has 1 amide bonds. The molecule has 1 aromatic carbocycles. The molecule has 0 unspecified atom stereocenters. The normalized spacial score (nSPS) is 14.4. The molecule has 1 saturated heterocycles. The summed E-state index contributed by atoms with van der Waals surface area (Å²) in [6.07, 6.45) is 0. The van der Waals surface area contributed by atoms with E-state index in [1.54, 1.807) is 6.07 Å². The first-order valence-electron chi connectivity index (χ1n) is 8.11. The number of hydrogen-bond acceptors (Lipinski definition) is 6. The molecule has 0 bridgehead atoms. The Morgan fingerprint density at radius 3 is 2.62 bits per heavy atom. The number of carbonyl (C=O) groups excluding carboxylic acids is 2. The maximum Gasteiger partial charge on any atom is 0.343 e. The van der Waals surface area contributed by atoms with Gasteiger partial charge in [-0.3, -0.25) is 4.79 Å². The van der Waals surface area contributed by atoms with Crippen molar-refractivity contribution >= 4 is 17.6 Å². The second-order valence-electron chi connectivity index (χ2n) is 5.91. The van der Waals surface area contributed by atoms with Crippen LogP contribution in [0.15, 0.2) is 18.2 Å². The molecule has 0 radical (unpaired) electrons. The highest BCUT2D eigenvalue weighted by molar-refractivity contribution is 5.97. The van der Waals surface area contributed by atoms with Crippen LogP contribution in [0, 0.1) is 0 Å². The molecule has 1 heterocycles. The molecular formula is C17H25N3O4.